The van der Waals surface area contributed by atoms with Crippen molar-refractivity contribution in [1.82, 2.24) is 9.80 Å². The molecule has 94 valence electrons. The van der Waals surface area contributed by atoms with Gasteiger partial charge in [-0.05, 0) is 45.3 Å². The molecule has 1 aliphatic heterocycles. The van der Waals surface area contributed by atoms with Gasteiger partial charge in [-0.2, -0.15) is 0 Å². The average Bonchev–Trinajstić information content (AvgIpc) is 2.68. The first-order valence-electron chi connectivity index (χ1n) is 6.26. The topological polar surface area (TPSA) is 49.6 Å². The molecule has 0 bridgehead atoms. The first kappa shape index (κ1) is 13.5. The largest absolute Gasteiger partial charge is 0.346 e. The zero-order valence-corrected chi connectivity index (χ0v) is 10.6. The molecule has 0 aliphatic carbocycles. The number of hydrogen-bond donors (Lipinski definition) is 1. The highest BCUT2D eigenvalue weighted by Crippen LogP contribution is 2.18. The molecule has 0 spiro atoms. The van der Waals surface area contributed by atoms with E-state index in [0.29, 0.717) is 13.0 Å². The minimum atomic E-state index is 0.233. The monoisotopic (exact) mass is 227 g/mol. The smallest absolute Gasteiger partial charge is 0.222 e. The van der Waals surface area contributed by atoms with Crippen molar-refractivity contribution < 1.29 is 4.79 Å². The Hall–Kier alpha value is -0.610. The van der Waals surface area contributed by atoms with Crippen LogP contribution in [-0.4, -0.2) is 56.0 Å². The summed E-state index contributed by atoms with van der Waals surface area (Å²) in [5.74, 6) is 1.01. The van der Waals surface area contributed by atoms with Gasteiger partial charge in [-0.1, -0.05) is 0 Å². The Morgan fingerprint density at radius 1 is 1.56 bits per heavy atom. The Bertz CT molecular complexity index is 220. The van der Waals surface area contributed by atoms with E-state index < -0.39 is 0 Å². The highest BCUT2D eigenvalue weighted by molar-refractivity contribution is 5.75. The van der Waals surface area contributed by atoms with Crippen LogP contribution in [0.3, 0.4) is 0 Å². The highest BCUT2D eigenvalue weighted by atomic mass is 16.2. The fourth-order valence-corrected chi connectivity index (χ4v) is 2.21. The minimum Gasteiger partial charge on any atom is -0.346 e. The summed E-state index contributed by atoms with van der Waals surface area (Å²) in [7, 11) is 4.06. The first-order chi connectivity index (χ1) is 7.63. The van der Waals surface area contributed by atoms with Crippen LogP contribution in [0, 0.1) is 5.92 Å². The predicted molar refractivity (Wildman–Crippen MR) is 66.1 cm³/mol. The molecule has 1 aliphatic rings. The lowest BCUT2D eigenvalue weighted by Gasteiger charge is -2.19. The van der Waals surface area contributed by atoms with Crippen molar-refractivity contribution in [2.24, 2.45) is 11.7 Å². The van der Waals surface area contributed by atoms with E-state index >= 15 is 0 Å². The van der Waals surface area contributed by atoms with E-state index in [4.69, 9.17) is 5.73 Å². The van der Waals surface area contributed by atoms with E-state index in [1.54, 1.807) is 0 Å². The summed E-state index contributed by atoms with van der Waals surface area (Å²) in [6, 6.07) is 0. The second-order valence-corrected chi connectivity index (χ2v) is 4.91. The maximum absolute atomic E-state index is 11.6. The Kier molecular flexibility index (Phi) is 5.77. The Balaban J connectivity index is 2.14. The van der Waals surface area contributed by atoms with Crippen molar-refractivity contribution in [3.05, 3.63) is 0 Å². The fourth-order valence-electron chi connectivity index (χ4n) is 2.21. The van der Waals surface area contributed by atoms with Crippen LogP contribution in [0.4, 0.5) is 0 Å². The lowest BCUT2D eigenvalue weighted by atomic mass is 10.0. The summed E-state index contributed by atoms with van der Waals surface area (Å²) in [6.45, 7) is 3.88. The molecule has 1 saturated heterocycles. The molecule has 2 N–H and O–H groups in total. The summed E-state index contributed by atoms with van der Waals surface area (Å²) in [6.07, 6.45) is 3.81. The van der Waals surface area contributed by atoms with Gasteiger partial charge in [0.2, 0.25) is 5.91 Å². The van der Waals surface area contributed by atoms with Crippen molar-refractivity contribution in [3.8, 4) is 0 Å². The van der Waals surface area contributed by atoms with Gasteiger partial charge in [0.1, 0.15) is 0 Å². The molecule has 4 nitrogen and oxygen atoms in total. The van der Waals surface area contributed by atoms with Crippen molar-refractivity contribution >= 4 is 5.91 Å². The van der Waals surface area contributed by atoms with Crippen LogP contribution in [0.2, 0.25) is 0 Å². The van der Waals surface area contributed by atoms with Gasteiger partial charge in [0.05, 0.1) is 0 Å². The van der Waals surface area contributed by atoms with Crippen LogP contribution >= 0.6 is 0 Å². The molecule has 4 heteroatoms. The highest BCUT2D eigenvalue weighted by Gasteiger charge is 2.20. The van der Waals surface area contributed by atoms with Gasteiger partial charge in [0, 0.05) is 26.6 Å². The molecule has 16 heavy (non-hydrogen) atoms. The fraction of sp³-hybridized carbons (Fsp3) is 0.917. The number of rotatable bonds is 6. The summed E-state index contributed by atoms with van der Waals surface area (Å²) in [5.41, 5.74) is 5.39. The molecular weight excluding hydrogens is 202 g/mol. The van der Waals surface area contributed by atoms with Crippen molar-refractivity contribution in [2.45, 2.75) is 25.7 Å². The number of hydrogen-bond acceptors (Lipinski definition) is 3. The molecule has 1 fully saturated rings. The van der Waals surface area contributed by atoms with Gasteiger partial charge in [0.25, 0.3) is 0 Å². The lowest BCUT2D eigenvalue weighted by Crippen LogP contribution is -2.29. The summed E-state index contributed by atoms with van der Waals surface area (Å²) >= 11 is 0. The number of amides is 1. The number of carbonyl (C=O) groups excluding carboxylic acids is 1. The van der Waals surface area contributed by atoms with Crippen molar-refractivity contribution in [1.29, 1.82) is 0 Å². The summed E-state index contributed by atoms with van der Waals surface area (Å²) < 4.78 is 0. The number of nitrogens with two attached hydrogens (primary N) is 1. The predicted octanol–water partition coefficient (Wildman–Crippen LogP) is 0.526. The Labute approximate surface area is 98.8 Å². The van der Waals surface area contributed by atoms with Gasteiger partial charge < -0.3 is 15.5 Å². The Morgan fingerprint density at radius 3 is 2.88 bits per heavy atom. The zero-order valence-electron chi connectivity index (χ0n) is 10.6. The summed E-state index contributed by atoms with van der Waals surface area (Å²) in [4.78, 5) is 15.8. The number of carbonyl (C=O) groups is 1. The molecule has 1 rings (SSSR count). The third-order valence-electron chi connectivity index (χ3n) is 3.38. The van der Waals surface area contributed by atoms with Crippen LogP contribution in [0.5, 0.6) is 0 Å². The molecule has 0 aromatic rings. The molecule has 1 atom stereocenters. The molecular formula is C12H25N3O. The van der Waals surface area contributed by atoms with Gasteiger partial charge in [-0.15, -0.1) is 0 Å². The standard InChI is InChI=1S/C12H25N3O/c1-14-8-5-11(10-14)6-9-15(2)12(16)4-3-7-13/h11H,3-10,13H2,1-2H3. The second-order valence-electron chi connectivity index (χ2n) is 4.91. The molecule has 0 radical (unpaired) electrons. The zero-order chi connectivity index (χ0) is 12.0. The molecule has 0 aromatic heterocycles. The maximum atomic E-state index is 11.6. The number of likely N-dealkylation sites (tertiary alicyclic amines) is 1. The average molecular weight is 227 g/mol. The molecule has 0 aromatic carbocycles. The maximum Gasteiger partial charge on any atom is 0.222 e. The van der Waals surface area contributed by atoms with Gasteiger partial charge in [0.15, 0.2) is 0 Å². The third kappa shape index (κ3) is 4.49. The van der Waals surface area contributed by atoms with E-state index in [2.05, 4.69) is 11.9 Å². The van der Waals surface area contributed by atoms with E-state index in [1.165, 1.54) is 19.5 Å². The molecule has 1 unspecified atom stereocenters. The van der Waals surface area contributed by atoms with E-state index in [9.17, 15) is 4.79 Å². The second kappa shape index (κ2) is 6.86. The quantitative estimate of drug-likeness (QED) is 0.720. The molecule has 1 heterocycles. The van der Waals surface area contributed by atoms with E-state index in [1.807, 2.05) is 11.9 Å². The van der Waals surface area contributed by atoms with Crippen LogP contribution in [0.15, 0.2) is 0 Å². The SMILES string of the molecule is CN1CCC(CCN(C)C(=O)CCCN)C1. The van der Waals surface area contributed by atoms with Crippen LogP contribution < -0.4 is 5.73 Å². The molecule has 0 saturated carbocycles. The van der Waals surface area contributed by atoms with E-state index in [0.717, 1.165) is 25.3 Å². The van der Waals surface area contributed by atoms with Gasteiger partial charge in [-0.3, -0.25) is 4.79 Å². The Morgan fingerprint density at radius 2 is 2.31 bits per heavy atom. The first-order valence-corrected chi connectivity index (χ1v) is 6.26. The van der Waals surface area contributed by atoms with Gasteiger partial charge >= 0.3 is 0 Å². The summed E-state index contributed by atoms with van der Waals surface area (Å²) in [5, 5.41) is 0. The van der Waals surface area contributed by atoms with Crippen molar-refractivity contribution in [2.75, 3.05) is 40.3 Å². The third-order valence-corrected chi connectivity index (χ3v) is 3.38. The lowest BCUT2D eigenvalue weighted by molar-refractivity contribution is -0.130. The minimum absolute atomic E-state index is 0.233. The van der Waals surface area contributed by atoms with Crippen LogP contribution in [-0.2, 0) is 4.79 Å². The molecule has 1 amide bonds. The van der Waals surface area contributed by atoms with Crippen LogP contribution in [0.1, 0.15) is 25.7 Å². The number of nitrogens with zero attached hydrogens (tertiary/aromatic N) is 2. The van der Waals surface area contributed by atoms with Crippen molar-refractivity contribution in [3.63, 3.8) is 0 Å². The van der Waals surface area contributed by atoms with E-state index in [-0.39, 0.29) is 5.91 Å². The van der Waals surface area contributed by atoms with Gasteiger partial charge in [-0.25, -0.2) is 0 Å². The van der Waals surface area contributed by atoms with Crippen LogP contribution in [0.25, 0.3) is 0 Å². The normalized spacial score (nSPS) is 21.3.